The zero-order valence-electron chi connectivity index (χ0n) is 31.8. The van der Waals surface area contributed by atoms with E-state index in [0.717, 1.165) is 22.5 Å². The van der Waals surface area contributed by atoms with Gasteiger partial charge in [0.1, 0.15) is 5.82 Å². The van der Waals surface area contributed by atoms with E-state index in [1.54, 1.807) is 0 Å². The molecule has 2 aliphatic rings. The minimum Gasteiger partial charge on any atom is -0.294 e. The van der Waals surface area contributed by atoms with Crippen LogP contribution >= 0.6 is 23.1 Å². The molecule has 0 N–H and O–H groups in total. The first-order valence-corrected chi connectivity index (χ1v) is 23.9. The Kier molecular flexibility index (Phi) is 7.26. The number of aromatic nitrogens is 2. The number of para-hydroxylation sites is 2. The van der Waals surface area contributed by atoms with Gasteiger partial charge >= 0.3 is 0 Å². The molecule has 0 amide bonds. The van der Waals surface area contributed by atoms with Gasteiger partial charge in [-0.25, -0.2) is 4.98 Å². The highest BCUT2D eigenvalue weighted by Gasteiger charge is 2.52. The second kappa shape index (κ2) is 12.8. The molecule has 0 spiro atoms. The van der Waals surface area contributed by atoms with Crippen molar-refractivity contribution in [2.45, 2.75) is 9.79 Å². The largest absolute Gasteiger partial charge is 0.294 e. The Labute approximate surface area is 351 Å². The lowest BCUT2D eigenvalue weighted by molar-refractivity contribution is 1.09. The van der Waals surface area contributed by atoms with E-state index in [0.29, 0.717) is 0 Å². The molecule has 0 unspecified atom stereocenters. The Morgan fingerprint density at radius 1 is 0.475 bits per heavy atom. The van der Waals surface area contributed by atoms with Crippen molar-refractivity contribution < 1.29 is 0 Å². The van der Waals surface area contributed by atoms with Crippen LogP contribution in [0.2, 0.25) is 0 Å². The maximum absolute atomic E-state index is 5.83. The van der Waals surface area contributed by atoms with Gasteiger partial charge in [-0.05, 0) is 57.1 Å². The Hall–Kier alpha value is -6.44. The molecule has 2 aliphatic heterocycles. The average molecular weight is 801 g/mol. The first-order chi connectivity index (χ1) is 29.3. The Bertz CT molecular complexity index is 3410. The highest BCUT2D eigenvalue weighted by Crippen LogP contribution is 2.43. The van der Waals surface area contributed by atoms with Crippen LogP contribution in [-0.2, 0) is 0 Å². The second-order valence-electron chi connectivity index (χ2n) is 15.8. The summed E-state index contributed by atoms with van der Waals surface area (Å²) in [5.41, 5.74) is 8.83. The SMILES string of the molecule is c1ccc([Si]2(c3ccccc3)c3ccccc3B3c4ccccc4Sc4cc(-c5nc(-n6c7ccccc7c7ccccc76)cc6c5sc5ccccc56)cc2c43)cc1. The predicted molar refractivity (Wildman–Crippen MR) is 256 cm³/mol. The molecule has 0 saturated carbocycles. The van der Waals surface area contributed by atoms with Crippen LogP contribution in [0.15, 0.2) is 210 Å². The Balaban J connectivity index is 1.19. The van der Waals surface area contributed by atoms with Crippen LogP contribution in [0.25, 0.3) is 59.1 Å². The molecule has 2 nitrogen and oxygen atoms in total. The number of nitrogens with zero attached hydrogens (tertiary/aromatic N) is 2. The van der Waals surface area contributed by atoms with Crippen molar-refractivity contribution in [1.29, 1.82) is 0 Å². The van der Waals surface area contributed by atoms with Gasteiger partial charge in [0, 0.05) is 41.6 Å². The fraction of sp³-hybridized carbons (Fsp3) is 0. The molecule has 5 heterocycles. The quantitative estimate of drug-likeness (QED) is 0.166. The molecule has 11 aromatic rings. The summed E-state index contributed by atoms with van der Waals surface area (Å²) in [6.45, 7) is 0.136. The molecule has 0 atom stereocenters. The number of thiophene rings is 1. The van der Waals surface area contributed by atoms with Gasteiger partial charge in [-0.2, -0.15) is 0 Å². The van der Waals surface area contributed by atoms with Crippen LogP contribution in [0.3, 0.4) is 0 Å². The maximum atomic E-state index is 5.83. The molecule has 0 bridgehead atoms. The van der Waals surface area contributed by atoms with Crippen molar-refractivity contribution in [2.24, 2.45) is 0 Å². The maximum Gasteiger partial charge on any atom is 0.243 e. The van der Waals surface area contributed by atoms with Crippen LogP contribution < -0.4 is 37.1 Å². The fourth-order valence-electron chi connectivity index (χ4n) is 10.5. The third-order valence-electron chi connectivity index (χ3n) is 12.8. The highest BCUT2D eigenvalue weighted by molar-refractivity contribution is 8.00. The molecule has 0 aliphatic carbocycles. The van der Waals surface area contributed by atoms with Crippen molar-refractivity contribution in [3.8, 4) is 17.1 Å². The van der Waals surface area contributed by atoms with Crippen LogP contribution in [-0.4, -0.2) is 24.3 Å². The number of pyridine rings is 1. The third kappa shape index (κ3) is 4.68. The second-order valence-corrected chi connectivity index (χ2v) is 21.6. The fourth-order valence-corrected chi connectivity index (χ4v) is 18.3. The lowest BCUT2D eigenvalue weighted by Crippen LogP contribution is -2.87. The minimum atomic E-state index is -2.90. The molecule has 6 heteroatoms. The molecule has 59 heavy (non-hydrogen) atoms. The predicted octanol–water partition coefficient (Wildman–Crippen LogP) is 8.89. The van der Waals surface area contributed by atoms with Gasteiger partial charge in [-0.1, -0.05) is 192 Å². The van der Waals surface area contributed by atoms with Gasteiger partial charge in [-0.15, -0.1) is 11.3 Å². The Morgan fingerprint density at radius 3 is 1.80 bits per heavy atom. The zero-order chi connectivity index (χ0) is 38.7. The molecular formula is C53H33BN2S2Si. The van der Waals surface area contributed by atoms with Gasteiger partial charge in [-0.3, -0.25) is 4.57 Å². The number of hydrogen-bond acceptors (Lipinski definition) is 3. The first kappa shape index (κ1) is 33.5. The molecule has 0 saturated heterocycles. The standard InChI is InChI=1S/C53H33BN2S2Si/c1-3-17-35(18-4-1)59(36-19-5-2-6-20-36)48-30-16-11-25-42(48)54-41-24-10-15-29-46(41)57-47-31-34(32-49(59)51(47)54)52-53-40(39-23-9-14-28-45(39)58-53)33-50(55-52)56-43-26-12-7-21-37(43)38-22-8-13-27-44(38)56/h1-33H. The van der Waals surface area contributed by atoms with E-state index in [1.807, 2.05) is 23.1 Å². The number of hydrogen-bond donors (Lipinski definition) is 0. The van der Waals surface area contributed by atoms with E-state index in [2.05, 4.69) is 205 Å². The van der Waals surface area contributed by atoms with Crippen molar-refractivity contribution in [1.82, 2.24) is 9.55 Å². The lowest BCUT2D eigenvalue weighted by Gasteiger charge is -2.45. The number of fused-ring (bicyclic) bond motifs is 10. The van der Waals surface area contributed by atoms with Crippen LogP contribution in [0.4, 0.5) is 0 Å². The number of rotatable bonds is 4. The smallest absolute Gasteiger partial charge is 0.243 e. The number of benzene rings is 8. The van der Waals surface area contributed by atoms with Crippen molar-refractivity contribution in [2.75, 3.05) is 0 Å². The summed E-state index contributed by atoms with van der Waals surface area (Å²) in [5.74, 6) is 0.940. The van der Waals surface area contributed by atoms with Gasteiger partial charge in [0.15, 0.2) is 8.07 Å². The van der Waals surface area contributed by atoms with Crippen LogP contribution in [0.5, 0.6) is 0 Å². The Morgan fingerprint density at radius 2 is 1.07 bits per heavy atom. The molecule has 0 fully saturated rings. The molecule has 0 radical (unpaired) electrons. The highest BCUT2D eigenvalue weighted by atomic mass is 32.2. The van der Waals surface area contributed by atoms with Crippen LogP contribution in [0, 0.1) is 0 Å². The lowest BCUT2D eigenvalue weighted by atomic mass is 9.36. The van der Waals surface area contributed by atoms with E-state index in [-0.39, 0.29) is 6.71 Å². The van der Waals surface area contributed by atoms with Gasteiger partial charge in [0.25, 0.3) is 0 Å². The molecular weight excluding hydrogens is 768 g/mol. The first-order valence-electron chi connectivity index (χ1n) is 20.2. The van der Waals surface area contributed by atoms with E-state index < -0.39 is 8.07 Å². The molecule has 3 aromatic heterocycles. The minimum absolute atomic E-state index is 0.136. The summed E-state index contributed by atoms with van der Waals surface area (Å²) in [7, 11) is -2.90. The van der Waals surface area contributed by atoms with Gasteiger partial charge in [0.05, 0.1) is 21.4 Å². The normalized spacial score (nSPS) is 13.8. The van der Waals surface area contributed by atoms with Crippen molar-refractivity contribution in [3.05, 3.63) is 200 Å². The topological polar surface area (TPSA) is 17.8 Å². The van der Waals surface area contributed by atoms with Crippen molar-refractivity contribution >= 4 is 117 Å². The van der Waals surface area contributed by atoms with Crippen molar-refractivity contribution in [3.63, 3.8) is 0 Å². The van der Waals surface area contributed by atoms with E-state index in [4.69, 9.17) is 4.98 Å². The van der Waals surface area contributed by atoms with E-state index >= 15 is 0 Å². The average Bonchev–Trinajstić information content (AvgIpc) is 3.85. The van der Waals surface area contributed by atoms with E-state index in [9.17, 15) is 0 Å². The summed E-state index contributed by atoms with van der Waals surface area (Å²) < 4.78 is 4.88. The van der Waals surface area contributed by atoms with Gasteiger partial charge < -0.3 is 0 Å². The molecule has 13 rings (SSSR count). The zero-order valence-corrected chi connectivity index (χ0v) is 34.5. The summed E-state index contributed by atoms with van der Waals surface area (Å²) in [6, 6.07) is 75.1. The van der Waals surface area contributed by atoms with Gasteiger partial charge in [0.2, 0.25) is 6.71 Å². The third-order valence-corrected chi connectivity index (χ3v) is 20.0. The molecule has 8 aromatic carbocycles. The van der Waals surface area contributed by atoms with Crippen LogP contribution in [0.1, 0.15) is 0 Å². The summed E-state index contributed by atoms with van der Waals surface area (Å²) in [6.07, 6.45) is 0. The summed E-state index contributed by atoms with van der Waals surface area (Å²) in [4.78, 5) is 8.49. The monoisotopic (exact) mass is 800 g/mol. The van der Waals surface area contributed by atoms with E-state index in [1.165, 1.54) is 83.4 Å². The summed E-state index contributed by atoms with van der Waals surface area (Å²) >= 11 is 3.80. The molecule has 274 valence electrons. The summed E-state index contributed by atoms with van der Waals surface area (Å²) in [5, 5.41) is 10.7.